The van der Waals surface area contributed by atoms with Crippen LogP contribution in [-0.2, 0) is 14.6 Å². The van der Waals surface area contributed by atoms with Crippen LogP contribution in [0.5, 0.6) is 0 Å². The van der Waals surface area contributed by atoms with Gasteiger partial charge in [-0.2, -0.15) is 0 Å². The summed E-state index contributed by atoms with van der Waals surface area (Å²) in [6, 6.07) is 0.276. The third-order valence-corrected chi connectivity index (χ3v) is 6.15. The molecule has 0 N–H and O–H groups in total. The minimum Gasteiger partial charge on any atom is -0.337 e. The molecule has 0 bridgehead atoms. The molecule has 2 fully saturated rings. The highest BCUT2D eigenvalue weighted by Gasteiger charge is 2.37. The maximum atomic E-state index is 12.4. The van der Waals surface area contributed by atoms with Crippen LogP contribution in [0.3, 0.4) is 0 Å². The molecule has 2 aliphatic rings. The van der Waals surface area contributed by atoms with Crippen molar-refractivity contribution in [2.45, 2.75) is 32.7 Å². The van der Waals surface area contributed by atoms with E-state index in [0.717, 1.165) is 26.1 Å². The fraction of sp³-hybridized carbons (Fsp3) is 0.929. The first-order valence-corrected chi connectivity index (χ1v) is 9.27. The predicted molar refractivity (Wildman–Crippen MR) is 79.2 cm³/mol. The summed E-state index contributed by atoms with van der Waals surface area (Å²) in [5.74, 6) is 1.14. The number of hydrogen-bond donors (Lipinski definition) is 0. The number of carbonyl (C=O) groups is 1. The van der Waals surface area contributed by atoms with Crippen LogP contribution in [0.25, 0.3) is 0 Å². The van der Waals surface area contributed by atoms with Gasteiger partial charge >= 0.3 is 0 Å². The van der Waals surface area contributed by atoms with Crippen molar-refractivity contribution in [1.82, 2.24) is 9.80 Å². The first-order chi connectivity index (χ1) is 9.27. The molecule has 116 valence electrons. The lowest BCUT2D eigenvalue weighted by molar-refractivity contribution is -0.137. The zero-order valence-corrected chi connectivity index (χ0v) is 13.5. The summed E-state index contributed by atoms with van der Waals surface area (Å²) >= 11 is 0. The van der Waals surface area contributed by atoms with E-state index >= 15 is 0 Å². The molecule has 5 nitrogen and oxygen atoms in total. The molecular formula is C14H26N2O3S. The Hall–Kier alpha value is -0.620. The van der Waals surface area contributed by atoms with Gasteiger partial charge in [-0.05, 0) is 25.3 Å². The van der Waals surface area contributed by atoms with Gasteiger partial charge in [0.1, 0.15) is 0 Å². The molecule has 2 aliphatic heterocycles. The molecule has 0 radical (unpaired) electrons. The molecule has 0 aromatic heterocycles. The molecule has 1 amide bonds. The van der Waals surface area contributed by atoms with E-state index in [1.807, 2.05) is 4.90 Å². The Kier molecular flexibility index (Phi) is 4.74. The van der Waals surface area contributed by atoms with Crippen LogP contribution < -0.4 is 0 Å². The molecule has 0 spiro atoms. The van der Waals surface area contributed by atoms with E-state index in [9.17, 15) is 13.2 Å². The van der Waals surface area contributed by atoms with Crippen LogP contribution in [0.1, 0.15) is 26.7 Å². The smallest absolute Gasteiger partial charge is 0.223 e. The minimum atomic E-state index is -2.83. The fourth-order valence-corrected chi connectivity index (χ4v) is 4.81. The number of carbonyl (C=O) groups excluding carboxylic acids is 1. The second-order valence-corrected chi connectivity index (χ2v) is 8.93. The lowest BCUT2D eigenvalue weighted by Gasteiger charge is -2.42. The van der Waals surface area contributed by atoms with Gasteiger partial charge in [0.2, 0.25) is 5.91 Å². The summed E-state index contributed by atoms with van der Waals surface area (Å²) in [4.78, 5) is 16.7. The summed E-state index contributed by atoms with van der Waals surface area (Å²) in [5.41, 5.74) is 0. The Balaban J connectivity index is 1.92. The summed E-state index contributed by atoms with van der Waals surface area (Å²) < 4.78 is 22.4. The van der Waals surface area contributed by atoms with Crippen LogP contribution >= 0.6 is 0 Å². The van der Waals surface area contributed by atoms with Crippen LogP contribution in [0.2, 0.25) is 0 Å². The third kappa shape index (κ3) is 3.95. The monoisotopic (exact) mass is 302 g/mol. The number of rotatable bonds is 4. The average molecular weight is 302 g/mol. The number of piperazine rings is 1. The number of sulfone groups is 1. The Labute approximate surface area is 122 Å². The van der Waals surface area contributed by atoms with Crippen LogP contribution in [0.15, 0.2) is 0 Å². The lowest BCUT2D eigenvalue weighted by Crippen LogP contribution is -2.55. The zero-order chi connectivity index (χ0) is 14.9. The first-order valence-electron chi connectivity index (χ1n) is 7.45. The van der Waals surface area contributed by atoms with Gasteiger partial charge in [-0.1, -0.05) is 13.8 Å². The summed E-state index contributed by atoms with van der Waals surface area (Å²) in [6.45, 7) is 6.95. The highest BCUT2D eigenvalue weighted by atomic mass is 32.2. The molecule has 1 atom stereocenters. The van der Waals surface area contributed by atoms with Gasteiger partial charge < -0.3 is 9.80 Å². The van der Waals surface area contributed by atoms with Gasteiger partial charge in [0.25, 0.3) is 0 Å². The number of nitrogens with zero attached hydrogens (tertiary/aromatic N) is 2. The zero-order valence-electron chi connectivity index (χ0n) is 12.7. The Morgan fingerprint density at radius 3 is 2.45 bits per heavy atom. The quantitative estimate of drug-likeness (QED) is 0.763. The van der Waals surface area contributed by atoms with E-state index in [1.54, 1.807) is 0 Å². The molecule has 2 heterocycles. The van der Waals surface area contributed by atoms with Crippen molar-refractivity contribution in [3.05, 3.63) is 0 Å². The average Bonchev–Trinajstić information content (AvgIpc) is 2.25. The Morgan fingerprint density at radius 1 is 1.25 bits per heavy atom. The van der Waals surface area contributed by atoms with Crippen molar-refractivity contribution in [3.8, 4) is 0 Å². The van der Waals surface area contributed by atoms with Gasteiger partial charge in [0.05, 0.1) is 11.5 Å². The number of amides is 1. The highest BCUT2D eigenvalue weighted by Crippen LogP contribution is 2.24. The predicted octanol–water partition coefficient (Wildman–Crippen LogP) is 0.610. The van der Waals surface area contributed by atoms with Gasteiger partial charge in [-0.3, -0.25) is 4.79 Å². The Bertz CT molecular complexity index is 447. The molecule has 0 saturated carbocycles. The SMILES string of the molecule is CC(C)CC1CN(C)CCN1C(=O)CC1CS(=O)(=O)C1. The molecule has 2 rings (SSSR count). The molecular weight excluding hydrogens is 276 g/mol. The summed E-state index contributed by atoms with van der Waals surface area (Å²) in [5, 5.41) is 0. The van der Waals surface area contributed by atoms with E-state index in [1.165, 1.54) is 0 Å². The van der Waals surface area contributed by atoms with E-state index < -0.39 is 9.84 Å². The lowest BCUT2D eigenvalue weighted by atomic mass is 9.98. The number of hydrogen-bond acceptors (Lipinski definition) is 4. The topological polar surface area (TPSA) is 57.7 Å². The van der Waals surface area contributed by atoms with E-state index in [0.29, 0.717) is 12.3 Å². The van der Waals surface area contributed by atoms with Gasteiger partial charge in [0.15, 0.2) is 9.84 Å². The molecule has 0 aliphatic carbocycles. The van der Waals surface area contributed by atoms with Crippen molar-refractivity contribution in [3.63, 3.8) is 0 Å². The van der Waals surface area contributed by atoms with Gasteiger partial charge in [0, 0.05) is 32.1 Å². The van der Waals surface area contributed by atoms with E-state index in [4.69, 9.17) is 0 Å². The first kappa shape index (κ1) is 15.8. The minimum absolute atomic E-state index is 0.0480. The molecule has 0 aromatic rings. The van der Waals surface area contributed by atoms with Crippen molar-refractivity contribution in [1.29, 1.82) is 0 Å². The second-order valence-electron chi connectivity index (χ2n) is 6.78. The fourth-order valence-electron chi connectivity index (χ4n) is 3.24. The van der Waals surface area contributed by atoms with E-state index in [-0.39, 0.29) is 29.4 Å². The maximum Gasteiger partial charge on any atom is 0.223 e. The van der Waals surface area contributed by atoms with E-state index in [2.05, 4.69) is 25.8 Å². The molecule has 2 saturated heterocycles. The standard InChI is InChI=1S/C14H26N2O3S/c1-11(2)6-13-8-15(3)4-5-16(13)14(17)7-12-9-20(18,19)10-12/h11-13H,4-10H2,1-3H3. The number of likely N-dealkylation sites (N-methyl/N-ethyl adjacent to an activating group) is 1. The van der Waals surface area contributed by atoms with Crippen molar-refractivity contribution >= 4 is 15.7 Å². The third-order valence-electron chi connectivity index (χ3n) is 4.19. The van der Waals surface area contributed by atoms with Crippen LogP contribution in [0, 0.1) is 11.8 Å². The highest BCUT2D eigenvalue weighted by molar-refractivity contribution is 7.92. The van der Waals surface area contributed by atoms with Gasteiger partial charge in [-0.25, -0.2) is 8.42 Å². The summed E-state index contributed by atoms with van der Waals surface area (Å²) in [6.07, 6.45) is 1.41. The van der Waals surface area contributed by atoms with Crippen LogP contribution in [0.4, 0.5) is 0 Å². The Morgan fingerprint density at radius 2 is 1.90 bits per heavy atom. The van der Waals surface area contributed by atoms with Crippen LogP contribution in [-0.4, -0.2) is 68.4 Å². The maximum absolute atomic E-state index is 12.4. The van der Waals surface area contributed by atoms with Crippen molar-refractivity contribution in [2.75, 3.05) is 38.2 Å². The van der Waals surface area contributed by atoms with Gasteiger partial charge in [-0.15, -0.1) is 0 Å². The normalized spacial score (nSPS) is 27.6. The largest absolute Gasteiger partial charge is 0.337 e. The summed E-state index contributed by atoms with van der Waals surface area (Å²) in [7, 11) is -0.736. The van der Waals surface area contributed by atoms with Crippen molar-refractivity contribution in [2.24, 2.45) is 11.8 Å². The van der Waals surface area contributed by atoms with Crippen molar-refractivity contribution < 1.29 is 13.2 Å². The molecule has 6 heteroatoms. The second kappa shape index (κ2) is 6.02. The molecule has 1 unspecified atom stereocenters. The molecule has 0 aromatic carbocycles. The molecule has 20 heavy (non-hydrogen) atoms.